The quantitative estimate of drug-likeness (QED) is 0.159. The lowest BCUT2D eigenvalue weighted by Gasteiger charge is -2.54. The first-order valence-electron chi connectivity index (χ1n) is 20.4. The fourth-order valence-electron chi connectivity index (χ4n) is 11.2. The Morgan fingerprint density at radius 2 is 0.782 bits per heavy atom. The van der Waals surface area contributed by atoms with Crippen LogP contribution in [-0.4, -0.2) is 0 Å². The molecule has 4 bridgehead atoms. The fraction of sp³-hybridized carbons (Fsp3) is 0.185. The highest BCUT2D eigenvalue weighted by atomic mass is 15.1. The minimum atomic E-state index is 0.746. The summed E-state index contributed by atoms with van der Waals surface area (Å²) in [5, 5.41) is 5.09. The van der Waals surface area contributed by atoms with Gasteiger partial charge in [-0.15, -0.1) is 0 Å². The summed E-state index contributed by atoms with van der Waals surface area (Å²) in [4.78, 5) is 2.40. The van der Waals surface area contributed by atoms with Gasteiger partial charge in [-0.25, -0.2) is 0 Å². The smallest absolute Gasteiger partial charge is 0.0462 e. The van der Waals surface area contributed by atoms with Crippen molar-refractivity contribution < 1.29 is 0 Å². The number of benzene rings is 8. The molecule has 0 saturated heterocycles. The number of hydrogen-bond acceptors (Lipinski definition) is 1. The highest BCUT2D eigenvalue weighted by Gasteiger charge is 2.48. The number of anilines is 3. The molecule has 0 heterocycles. The van der Waals surface area contributed by atoms with Gasteiger partial charge in [-0.2, -0.15) is 0 Å². The molecule has 1 heteroatoms. The molecule has 8 aromatic rings. The number of rotatable bonds is 7. The first-order chi connectivity index (χ1) is 27.2. The molecule has 12 rings (SSSR count). The van der Waals surface area contributed by atoms with Crippen LogP contribution in [0.5, 0.6) is 0 Å². The van der Waals surface area contributed by atoms with Gasteiger partial charge in [0.05, 0.1) is 0 Å². The Kier molecular flexibility index (Phi) is 7.94. The summed E-state index contributed by atoms with van der Waals surface area (Å²) in [7, 11) is 0. The fourth-order valence-corrected chi connectivity index (χ4v) is 11.2. The lowest BCUT2D eigenvalue weighted by Crippen LogP contribution is -2.43. The molecule has 266 valence electrons. The first kappa shape index (κ1) is 32.5. The van der Waals surface area contributed by atoms with E-state index in [0.717, 1.165) is 46.7 Å². The van der Waals surface area contributed by atoms with Gasteiger partial charge in [-0.05, 0) is 159 Å². The number of nitrogens with zero attached hydrogens (tertiary/aromatic N) is 1. The second kappa shape index (κ2) is 13.4. The molecule has 4 aliphatic rings. The van der Waals surface area contributed by atoms with Crippen molar-refractivity contribution in [3.05, 3.63) is 188 Å². The second-order valence-electron chi connectivity index (χ2n) is 16.6. The largest absolute Gasteiger partial charge is 0.311 e. The average molecular weight is 708 g/mol. The monoisotopic (exact) mass is 707 g/mol. The Morgan fingerprint density at radius 3 is 1.29 bits per heavy atom. The predicted molar refractivity (Wildman–Crippen MR) is 232 cm³/mol. The van der Waals surface area contributed by atoms with E-state index in [1.54, 1.807) is 5.56 Å². The van der Waals surface area contributed by atoms with E-state index in [4.69, 9.17) is 0 Å². The average Bonchev–Trinajstić information content (AvgIpc) is 3.24. The number of hydrogen-bond donors (Lipinski definition) is 0. The van der Waals surface area contributed by atoms with Crippen LogP contribution in [0.3, 0.4) is 0 Å². The maximum atomic E-state index is 2.53. The topological polar surface area (TPSA) is 3.24 Å². The zero-order valence-corrected chi connectivity index (χ0v) is 31.2. The van der Waals surface area contributed by atoms with Crippen molar-refractivity contribution in [2.45, 2.75) is 38.0 Å². The molecule has 0 atom stereocenters. The third-order valence-corrected chi connectivity index (χ3v) is 13.4. The Bertz CT molecular complexity index is 2490. The SMILES string of the molecule is c1cc(-c2ccc(N(c3ccc(-c4cccc5ccccc45)cc3)c3ccc(-c4cccc5ccccc45)cc3)cc2)cc(C2C3CC4CC(C3)CC2C4)c1. The standard InChI is InChI=1S/C54H45N/c1-3-14-50-39(8-1)10-6-16-52(50)41-20-26-48(27-21-41)55(49-28-22-42(23-29-49)53-17-7-11-40-9-2-4-15-51(40)53)47-24-18-38(19-25-47)43-12-5-13-44(35-43)54-45-31-36-30-37(33-45)34-46(54)32-36/h1-29,35-37,45-46,54H,30-34H2. The van der Waals surface area contributed by atoms with Crippen molar-refractivity contribution in [3.63, 3.8) is 0 Å². The van der Waals surface area contributed by atoms with Crippen molar-refractivity contribution >= 4 is 38.6 Å². The second-order valence-corrected chi connectivity index (χ2v) is 16.6. The van der Waals surface area contributed by atoms with Crippen molar-refractivity contribution in [1.82, 2.24) is 0 Å². The van der Waals surface area contributed by atoms with Crippen LogP contribution in [0.4, 0.5) is 17.1 Å². The molecule has 0 spiro atoms. The summed E-state index contributed by atoms with van der Waals surface area (Å²) in [6.07, 6.45) is 7.33. The molecular weight excluding hydrogens is 663 g/mol. The highest BCUT2D eigenvalue weighted by Crippen LogP contribution is 2.60. The van der Waals surface area contributed by atoms with Gasteiger partial charge >= 0.3 is 0 Å². The lowest BCUT2D eigenvalue weighted by atomic mass is 9.50. The van der Waals surface area contributed by atoms with E-state index in [9.17, 15) is 0 Å². The van der Waals surface area contributed by atoms with Gasteiger partial charge in [0, 0.05) is 17.1 Å². The molecule has 0 N–H and O–H groups in total. The molecule has 0 amide bonds. The van der Waals surface area contributed by atoms with E-state index in [1.165, 1.54) is 87.0 Å². The van der Waals surface area contributed by atoms with Crippen LogP contribution in [0, 0.1) is 23.7 Å². The van der Waals surface area contributed by atoms with Gasteiger partial charge in [0.1, 0.15) is 0 Å². The Balaban J connectivity index is 0.948. The van der Waals surface area contributed by atoms with E-state index in [0.29, 0.717) is 0 Å². The Hall–Kier alpha value is -5.92. The molecule has 0 radical (unpaired) electrons. The molecule has 4 aliphatic carbocycles. The summed E-state index contributed by atoms with van der Waals surface area (Å²) < 4.78 is 0. The van der Waals surface area contributed by atoms with E-state index in [1.807, 2.05) is 0 Å². The molecule has 0 aliphatic heterocycles. The maximum absolute atomic E-state index is 2.53. The van der Waals surface area contributed by atoms with Crippen molar-refractivity contribution in [3.8, 4) is 33.4 Å². The Labute approximate surface area is 324 Å². The van der Waals surface area contributed by atoms with E-state index < -0.39 is 0 Å². The Morgan fingerprint density at radius 1 is 0.345 bits per heavy atom. The van der Waals surface area contributed by atoms with Crippen LogP contribution >= 0.6 is 0 Å². The van der Waals surface area contributed by atoms with Crippen molar-refractivity contribution in [2.75, 3.05) is 4.90 Å². The number of fused-ring (bicyclic) bond motifs is 2. The summed E-state index contributed by atoms with van der Waals surface area (Å²) >= 11 is 0. The minimum Gasteiger partial charge on any atom is -0.311 e. The zero-order valence-electron chi connectivity index (χ0n) is 31.2. The summed E-state index contributed by atoms with van der Waals surface area (Å²) in [6.45, 7) is 0. The third-order valence-electron chi connectivity index (χ3n) is 13.4. The molecule has 4 fully saturated rings. The van der Waals surface area contributed by atoms with E-state index in [-0.39, 0.29) is 0 Å². The van der Waals surface area contributed by atoms with Gasteiger partial charge in [-0.3, -0.25) is 0 Å². The lowest BCUT2D eigenvalue weighted by molar-refractivity contribution is -0.00276. The summed E-state index contributed by atoms with van der Waals surface area (Å²) in [5.41, 5.74) is 12.6. The maximum Gasteiger partial charge on any atom is 0.0462 e. The highest BCUT2D eigenvalue weighted by molar-refractivity contribution is 5.98. The van der Waals surface area contributed by atoms with Gasteiger partial charge in [0.15, 0.2) is 0 Å². The molecule has 0 aromatic heterocycles. The van der Waals surface area contributed by atoms with E-state index >= 15 is 0 Å². The summed E-state index contributed by atoms with van der Waals surface area (Å²) in [6, 6.07) is 67.6. The van der Waals surface area contributed by atoms with Crippen LogP contribution < -0.4 is 4.90 Å². The first-order valence-corrected chi connectivity index (χ1v) is 20.4. The van der Waals surface area contributed by atoms with Gasteiger partial charge in [0.2, 0.25) is 0 Å². The van der Waals surface area contributed by atoms with Gasteiger partial charge in [-0.1, -0.05) is 146 Å². The normalized spacial score (nSPS) is 21.3. The minimum absolute atomic E-state index is 0.746. The van der Waals surface area contributed by atoms with Gasteiger partial charge in [0.25, 0.3) is 0 Å². The van der Waals surface area contributed by atoms with Crippen LogP contribution in [0.2, 0.25) is 0 Å². The molecular formula is C54H45N. The van der Waals surface area contributed by atoms with Crippen molar-refractivity contribution in [1.29, 1.82) is 0 Å². The molecule has 0 unspecified atom stereocenters. The predicted octanol–water partition coefficient (Wildman–Crippen LogP) is 15.0. The molecule has 1 nitrogen and oxygen atoms in total. The van der Waals surface area contributed by atoms with Crippen LogP contribution in [-0.2, 0) is 0 Å². The molecule has 4 saturated carbocycles. The van der Waals surface area contributed by atoms with Crippen LogP contribution in [0.15, 0.2) is 182 Å². The third kappa shape index (κ3) is 5.85. The van der Waals surface area contributed by atoms with Crippen molar-refractivity contribution in [2.24, 2.45) is 23.7 Å². The van der Waals surface area contributed by atoms with Crippen LogP contribution in [0.25, 0.3) is 54.9 Å². The molecule has 8 aromatic carbocycles. The summed E-state index contributed by atoms with van der Waals surface area (Å²) in [5.74, 6) is 4.53. The van der Waals surface area contributed by atoms with Crippen LogP contribution in [0.1, 0.15) is 43.6 Å². The zero-order chi connectivity index (χ0) is 36.3. The molecule has 55 heavy (non-hydrogen) atoms. The van der Waals surface area contributed by atoms with E-state index in [2.05, 4.69) is 187 Å². The van der Waals surface area contributed by atoms with Gasteiger partial charge < -0.3 is 4.90 Å².